The molecule has 7 nitrogen and oxygen atoms in total. The molecule has 9 heteroatoms. The molecule has 0 aromatic heterocycles. The van der Waals surface area contributed by atoms with Gasteiger partial charge in [-0.1, -0.05) is 11.6 Å². The zero-order valence-corrected chi connectivity index (χ0v) is 15.0. The number of nitrogens with one attached hydrogen (secondary N) is 1. The van der Waals surface area contributed by atoms with E-state index in [4.69, 9.17) is 9.88 Å². The molecule has 1 amide bonds. The lowest BCUT2D eigenvalue weighted by atomic mass is 9.97. The lowest BCUT2D eigenvalue weighted by molar-refractivity contribution is -0.124. The van der Waals surface area contributed by atoms with Gasteiger partial charge in [0.15, 0.2) is 6.61 Å². The van der Waals surface area contributed by atoms with Crippen LogP contribution >= 0.6 is 0 Å². The first kappa shape index (κ1) is 20.1. The SMILES string of the molecule is NS(=O)(=O)c1ccc(F)c(C(=O)OCC(=O)NCCC2=CCCCC2)c1. The number of halogens is 1. The van der Waals surface area contributed by atoms with Crippen molar-refractivity contribution >= 4 is 21.9 Å². The first-order chi connectivity index (χ1) is 12.3. The zero-order chi connectivity index (χ0) is 19.2. The van der Waals surface area contributed by atoms with Crippen molar-refractivity contribution < 1.29 is 27.1 Å². The van der Waals surface area contributed by atoms with Crippen molar-refractivity contribution in [1.82, 2.24) is 5.32 Å². The Bertz CT molecular complexity index is 820. The van der Waals surface area contributed by atoms with Crippen LogP contribution in [0.3, 0.4) is 0 Å². The molecule has 1 aromatic carbocycles. The molecule has 0 radical (unpaired) electrons. The van der Waals surface area contributed by atoms with Gasteiger partial charge in [0.05, 0.1) is 10.5 Å². The van der Waals surface area contributed by atoms with Crippen LogP contribution in [-0.4, -0.2) is 33.4 Å². The van der Waals surface area contributed by atoms with Gasteiger partial charge in [0.25, 0.3) is 5.91 Å². The first-order valence-electron chi connectivity index (χ1n) is 8.21. The summed E-state index contributed by atoms with van der Waals surface area (Å²) in [5.74, 6) is -2.62. The van der Waals surface area contributed by atoms with E-state index in [0.717, 1.165) is 43.9 Å². The van der Waals surface area contributed by atoms with E-state index in [1.807, 2.05) is 0 Å². The number of benzene rings is 1. The Kier molecular flexibility index (Phi) is 6.87. The smallest absolute Gasteiger partial charge is 0.341 e. The summed E-state index contributed by atoms with van der Waals surface area (Å²) in [6.45, 7) is -0.158. The number of carbonyl (C=O) groups excluding carboxylic acids is 2. The van der Waals surface area contributed by atoms with Crippen molar-refractivity contribution in [2.45, 2.75) is 37.0 Å². The molecule has 0 bridgehead atoms. The van der Waals surface area contributed by atoms with Crippen molar-refractivity contribution in [3.05, 3.63) is 41.2 Å². The molecule has 0 atom stereocenters. The van der Waals surface area contributed by atoms with Crippen LogP contribution in [0.15, 0.2) is 34.7 Å². The number of hydrogen-bond donors (Lipinski definition) is 2. The minimum atomic E-state index is -4.09. The fraction of sp³-hybridized carbons (Fsp3) is 0.412. The van der Waals surface area contributed by atoms with Gasteiger partial charge in [0, 0.05) is 6.54 Å². The molecule has 1 aromatic rings. The number of sulfonamides is 1. The molecular weight excluding hydrogens is 363 g/mol. The van der Waals surface area contributed by atoms with Gasteiger partial charge in [0.1, 0.15) is 5.82 Å². The lowest BCUT2D eigenvalue weighted by Crippen LogP contribution is -2.30. The van der Waals surface area contributed by atoms with Crippen molar-refractivity contribution in [1.29, 1.82) is 0 Å². The standard InChI is InChI=1S/C17H21FN2O5S/c18-15-7-6-13(26(19,23)24)10-14(15)17(22)25-11-16(21)20-9-8-12-4-2-1-3-5-12/h4,6-7,10H,1-3,5,8-9,11H2,(H,20,21)(H2,19,23,24). The second-order valence-corrected chi connectivity index (χ2v) is 7.53. The van der Waals surface area contributed by atoms with Gasteiger partial charge in [-0.2, -0.15) is 0 Å². The topological polar surface area (TPSA) is 116 Å². The summed E-state index contributed by atoms with van der Waals surface area (Å²) in [6.07, 6.45) is 7.35. The van der Waals surface area contributed by atoms with Crippen LogP contribution in [0.25, 0.3) is 0 Å². The highest BCUT2D eigenvalue weighted by molar-refractivity contribution is 7.89. The third kappa shape index (κ3) is 5.92. The molecule has 3 N–H and O–H groups in total. The highest BCUT2D eigenvalue weighted by Gasteiger charge is 2.19. The number of primary sulfonamides is 1. The molecule has 26 heavy (non-hydrogen) atoms. The molecule has 0 saturated carbocycles. The largest absolute Gasteiger partial charge is 0.452 e. The summed E-state index contributed by atoms with van der Waals surface area (Å²) < 4.78 is 41.0. The quantitative estimate of drug-likeness (QED) is 0.548. The van der Waals surface area contributed by atoms with E-state index >= 15 is 0 Å². The van der Waals surface area contributed by atoms with E-state index in [9.17, 15) is 22.4 Å². The average molecular weight is 384 g/mol. The van der Waals surface area contributed by atoms with Gasteiger partial charge >= 0.3 is 5.97 Å². The number of ether oxygens (including phenoxy) is 1. The van der Waals surface area contributed by atoms with E-state index in [1.54, 1.807) is 0 Å². The second kappa shape index (κ2) is 8.91. The molecule has 0 fully saturated rings. The van der Waals surface area contributed by atoms with Crippen LogP contribution in [0.5, 0.6) is 0 Å². The summed E-state index contributed by atoms with van der Waals surface area (Å²) in [4.78, 5) is 23.2. The third-order valence-corrected chi connectivity index (χ3v) is 4.88. The number of allylic oxidation sites excluding steroid dienone is 1. The maximum absolute atomic E-state index is 13.7. The molecule has 142 valence electrons. The Balaban J connectivity index is 1.84. The van der Waals surface area contributed by atoms with Gasteiger partial charge in [0.2, 0.25) is 10.0 Å². The predicted octanol–water partition coefficient (Wildman–Crippen LogP) is 1.64. The fourth-order valence-corrected chi connectivity index (χ4v) is 3.13. The molecule has 0 unspecified atom stereocenters. The summed E-state index contributed by atoms with van der Waals surface area (Å²) in [6, 6.07) is 2.52. The number of rotatable bonds is 7. The fourth-order valence-electron chi connectivity index (χ4n) is 2.59. The Morgan fingerprint density at radius 1 is 1.27 bits per heavy atom. The van der Waals surface area contributed by atoms with E-state index in [1.165, 1.54) is 12.0 Å². The molecule has 1 aliphatic carbocycles. The maximum Gasteiger partial charge on any atom is 0.341 e. The van der Waals surface area contributed by atoms with Crippen molar-refractivity contribution in [2.75, 3.05) is 13.2 Å². The van der Waals surface area contributed by atoms with Gasteiger partial charge in [-0.15, -0.1) is 0 Å². The molecule has 0 heterocycles. The number of esters is 1. The van der Waals surface area contributed by atoms with Crippen LogP contribution in [0.1, 0.15) is 42.5 Å². The van der Waals surface area contributed by atoms with Crippen LogP contribution in [0.2, 0.25) is 0 Å². The third-order valence-electron chi connectivity index (χ3n) is 3.97. The van der Waals surface area contributed by atoms with Crippen molar-refractivity contribution in [3.8, 4) is 0 Å². The summed E-state index contributed by atoms with van der Waals surface area (Å²) in [5, 5.41) is 7.56. The molecule has 0 spiro atoms. The maximum atomic E-state index is 13.7. The van der Waals surface area contributed by atoms with Crippen LogP contribution in [0, 0.1) is 5.82 Å². The number of nitrogens with two attached hydrogens (primary N) is 1. The van der Waals surface area contributed by atoms with E-state index in [0.29, 0.717) is 6.54 Å². The summed E-state index contributed by atoms with van der Waals surface area (Å²) in [5.41, 5.74) is 0.701. The highest BCUT2D eigenvalue weighted by atomic mass is 32.2. The predicted molar refractivity (Wildman–Crippen MR) is 92.2 cm³/mol. The molecular formula is C17H21FN2O5S. The Morgan fingerprint density at radius 3 is 2.69 bits per heavy atom. The zero-order valence-electron chi connectivity index (χ0n) is 14.2. The van der Waals surface area contributed by atoms with Crippen molar-refractivity contribution in [2.24, 2.45) is 5.14 Å². The second-order valence-electron chi connectivity index (χ2n) is 5.97. The molecule has 0 aliphatic heterocycles. The van der Waals surface area contributed by atoms with Gasteiger partial charge in [-0.05, 0) is 50.3 Å². The normalized spacial score (nSPS) is 14.5. The highest BCUT2D eigenvalue weighted by Crippen LogP contribution is 2.19. The lowest BCUT2D eigenvalue weighted by Gasteiger charge is -2.13. The molecule has 1 aliphatic rings. The number of carbonyl (C=O) groups is 2. The Hall–Kier alpha value is -2.26. The Labute approximate surface area is 151 Å². The minimum absolute atomic E-state index is 0.420. The number of hydrogen-bond acceptors (Lipinski definition) is 5. The monoisotopic (exact) mass is 384 g/mol. The van der Waals surface area contributed by atoms with Crippen LogP contribution < -0.4 is 10.5 Å². The average Bonchev–Trinajstić information content (AvgIpc) is 2.60. The summed E-state index contributed by atoms with van der Waals surface area (Å²) in [7, 11) is -4.09. The van der Waals surface area contributed by atoms with E-state index in [-0.39, 0.29) is 0 Å². The van der Waals surface area contributed by atoms with Gasteiger partial charge in [-0.25, -0.2) is 22.7 Å². The minimum Gasteiger partial charge on any atom is -0.452 e. The van der Waals surface area contributed by atoms with Crippen molar-refractivity contribution in [3.63, 3.8) is 0 Å². The number of amides is 1. The molecule has 2 rings (SSSR count). The van der Waals surface area contributed by atoms with Gasteiger partial charge < -0.3 is 10.1 Å². The van der Waals surface area contributed by atoms with Gasteiger partial charge in [-0.3, -0.25) is 4.79 Å². The van der Waals surface area contributed by atoms with E-state index < -0.39 is 44.8 Å². The first-order valence-corrected chi connectivity index (χ1v) is 9.76. The van der Waals surface area contributed by atoms with Crippen LogP contribution in [0.4, 0.5) is 4.39 Å². The van der Waals surface area contributed by atoms with Crippen LogP contribution in [-0.2, 0) is 19.6 Å². The summed E-state index contributed by atoms with van der Waals surface area (Å²) >= 11 is 0. The Morgan fingerprint density at radius 2 is 2.04 bits per heavy atom. The molecule has 0 saturated heterocycles. The van der Waals surface area contributed by atoms with E-state index in [2.05, 4.69) is 11.4 Å².